The minimum atomic E-state index is -0.387. The van der Waals surface area contributed by atoms with E-state index in [1.54, 1.807) is 18.2 Å². The fraction of sp³-hybridized carbons (Fsp3) is 0.0588. The standard InChI is InChI=1S/C17H11FN4O2S/c18-12-5-3-6-13(9-12)22-17(19-20-21-22)25-10-14(23)16-8-11-4-1-2-7-15(11)24-16/h1-9H,10H2. The molecule has 0 bridgehead atoms. The highest BCUT2D eigenvalue weighted by molar-refractivity contribution is 7.99. The fourth-order valence-electron chi connectivity index (χ4n) is 2.36. The number of furan rings is 1. The van der Waals surface area contributed by atoms with Crippen molar-refractivity contribution in [2.75, 3.05) is 5.75 Å². The van der Waals surface area contributed by atoms with Crippen LogP contribution in [0.1, 0.15) is 10.6 Å². The molecular formula is C17H11FN4O2S. The van der Waals surface area contributed by atoms with E-state index >= 15 is 0 Å². The number of rotatable bonds is 5. The number of carbonyl (C=O) groups excluding carboxylic acids is 1. The number of nitrogens with zero attached hydrogens (tertiary/aromatic N) is 4. The molecule has 0 saturated carbocycles. The molecule has 2 aromatic heterocycles. The number of halogens is 1. The van der Waals surface area contributed by atoms with Crippen molar-refractivity contribution in [3.8, 4) is 5.69 Å². The molecule has 124 valence electrons. The van der Waals surface area contributed by atoms with Crippen LogP contribution >= 0.6 is 11.8 Å². The Hall–Kier alpha value is -3.00. The molecule has 0 fully saturated rings. The van der Waals surface area contributed by atoms with E-state index < -0.39 is 0 Å². The maximum Gasteiger partial charge on any atom is 0.214 e. The van der Waals surface area contributed by atoms with Crippen molar-refractivity contribution in [3.63, 3.8) is 0 Å². The molecule has 0 atom stereocenters. The molecular weight excluding hydrogens is 343 g/mol. The molecule has 0 spiro atoms. The first kappa shape index (κ1) is 15.5. The van der Waals surface area contributed by atoms with Gasteiger partial charge in [-0.25, -0.2) is 4.39 Å². The number of tetrazole rings is 1. The minimum absolute atomic E-state index is 0.107. The summed E-state index contributed by atoms with van der Waals surface area (Å²) in [6, 6.07) is 15.1. The predicted molar refractivity (Wildman–Crippen MR) is 90.4 cm³/mol. The van der Waals surface area contributed by atoms with Crippen LogP contribution in [-0.2, 0) is 0 Å². The smallest absolute Gasteiger partial charge is 0.214 e. The number of Topliss-reactive ketones (excluding diaryl/α,β-unsaturated/α-hetero) is 1. The van der Waals surface area contributed by atoms with Gasteiger partial charge in [0.05, 0.1) is 11.4 Å². The highest BCUT2D eigenvalue weighted by atomic mass is 32.2. The lowest BCUT2D eigenvalue weighted by Crippen LogP contribution is -2.04. The van der Waals surface area contributed by atoms with Crippen LogP contribution in [0.5, 0.6) is 0 Å². The normalized spacial score (nSPS) is 11.1. The summed E-state index contributed by atoms with van der Waals surface area (Å²) in [6.45, 7) is 0. The molecule has 0 aliphatic rings. The average Bonchev–Trinajstić information content (AvgIpc) is 3.26. The Morgan fingerprint density at radius 1 is 1.16 bits per heavy atom. The van der Waals surface area contributed by atoms with Gasteiger partial charge < -0.3 is 4.42 Å². The van der Waals surface area contributed by atoms with Crippen molar-refractivity contribution in [1.82, 2.24) is 20.2 Å². The summed E-state index contributed by atoms with van der Waals surface area (Å²) in [5, 5.41) is 12.6. The highest BCUT2D eigenvalue weighted by Gasteiger charge is 2.16. The van der Waals surface area contributed by atoms with E-state index in [1.165, 1.54) is 16.8 Å². The van der Waals surface area contributed by atoms with Crippen LogP contribution < -0.4 is 0 Å². The van der Waals surface area contributed by atoms with Gasteiger partial charge in [-0.2, -0.15) is 4.68 Å². The van der Waals surface area contributed by atoms with E-state index in [0.717, 1.165) is 17.1 Å². The fourth-order valence-corrected chi connectivity index (χ4v) is 3.12. The summed E-state index contributed by atoms with van der Waals surface area (Å²) < 4.78 is 20.3. The van der Waals surface area contributed by atoms with Crippen LogP contribution in [-0.4, -0.2) is 31.7 Å². The van der Waals surface area contributed by atoms with Gasteiger partial charge in [0.15, 0.2) is 5.76 Å². The first-order chi connectivity index (χ1) is 12.2. The van der Waals surface area contributed by atoms with Gasteiger partial charge in [0, 0.05) is 5.39 Å². The molecule has 25 heavy (non-hydrogen) atoms. The second kappa shape index (κ2) is 6.48. The van der Waals surface area contributed by atoms with Gasteiger partial charge in [-0.3, -0.25) is 4.79 Å². The van der Waals surface area contributed by atoms with E-state index in [1.807, 2.05) is 24.3 Å². The summed E-state index contributed by atoms with van der Waals surface area (Å²) in [6.07, 6.45) is 0. The van der Waals surface area contributed by atoms with Crippen molar-refractivity contribution in [3.05, 3.63) is 66.2 Å². The van der Waals surface area contributed by atoms with E-state index in [2.05, 4.69) is 15.5 Å². The third kappa shape index (κ3) is 3.16. The van der Waals surface area contributed by atoms with Gasteiger partial charge in [0.2, 0.25) is 10.9 Å². The molecule has 0 unspecified atom stereocenters. The number of fused-ring (bicyclic) bond motifs is 1. The number of thioether (sulfide) groups is 1. The first-order valence-corrected chi connectivity index (χ1v) is 8.38. The zero-order chi connectivity index (χ0) is 17.2. The Morgan fingerprint density at radius 3 is 2.88 bits per heavy atom. The monoisotopic (exact) mass is 354 g/mol. The average molecular weight is 354 g/mol. The van der Waals surface area contributed by atoms with Gasteiger partial charge in [-0.1, -0.05) is 36.0 Å². The maximum absolute atomic E-state index is 13.4. The molecule has 8 heteroatoms. The molecule has 2 heterocycles. The summed E-state index contributed by atoms with van der Waals surface area (Å²) in [7, 11) is 0. The molecule has 0 radical (unpaired) electrons. The molecule has 0 aliphatic carbocycles. The molecule has 0 N–H and O–H groups in total. The second-order valence-electron chi connectivity index (χ2n) is 5.21. The Morgan fingerprint density at radius 2 is 2.04 bits per heavy atom. The third-order valence-electron chi connectivity index (χ3n) is 3.53. The summed E-state index contributed by atoms with van der Waals surface area (Å²) in [5.41, 5.74) is 1.16. The molecule has 0 saturated heterocycles. The van der Waals surface area contributed by atoms with E-state index in [-0.39, 0.29) is 17.4 Å². The Kier molecular flexibility index (Phi) is 4.02. The summed E-state index contributed by atoms with van der Waals surface area (Å²) in [5.74, 6) is -0.161. The predicted octanol–water partition coefficient (Wildman–Crippen LogP) is 3.52. The van der Waals surface area contributed by atoms with Crippen LogP contribution in [0.15, 0.2) is 64.2 Å². The van der Waals surface area contributed by atoms with Gasteiger partial charge in [-0.15, -0.1) is 5.10 Å². The largest absolute Gasteiger partial charge is 0.453 e. The molecule has 4 aromatic rings. The molecule has 4 rings (SSSR count). The van der Waals surface area contributed by atoms with Crippen molar-refractivity contribution in [1.29, 1.82) is 0 Å². The molecule has 0 aliphatic heterocycles. The van der Waals surface area contributed by atoms with Crippen LogP contribution in [0.25, 0.3) is 16.7 Å². The van der Waals surface area contributed by atoms with Crippen molar-refractivity contribution in [2.45, 2.75) is 5.16 Å². The van der Waals surface area contributed by atoms with Crippen molar-refractivity contribution >= 4 is 28.5 Å². The summed E-state index contributed by atoms with van der Waals surface area (Å²) in [4.78, 5) is 12.4. The number of aromatic nitrogens is 4. The lowest BCUT2D eigenvalue weighted by atomic mass is 10.2. The van der Waals surface area contributed by atoms with Crippen LogP contribution in [0.2, 0.25) is 0 Å². The lowest BCUT2D eigenvalue weighted by molar-refractivity contribution is 0.0994. The highest BCUT2D eigenvalue weighted by Crippen LogP contribution is 2.23. The third-order valence-corrected chi connectivity index (χ3v) is 4.45. The van der Waals surface area contributed by atoms with Crippen LogP contribution in [0.3, 0.4) is 0 Å². The minimum Gasteiger partial charge on any atom is -0.453 e. The number of carbonyl (C=O) groups is 1. The van der Waals surface area contributed by atoms with Crippen LogP contribution in [0, 0.1) is 5.82 Å². The van der Waals surface area contributed by atoms with Crippen LogP contribution in [0.4, 0.5) is 4.39 Å². The van der Waals surface area contributed by atoms with E-state index in [9.17, 15) is 9.18 Å². The van der Waals surface area contributed by atoms with E-state index in [4.69, 9.17) is 4.42 Å². The molecule has 2 aromatic carbocycles. The number of hydrogen-bond acceptors (Lipinski definition) is 6. The van der Waals surface area contributed by atoms with Gasteiger partial charge in [0.1, 0.15) is 11.4 Å². The van der Waals surface area contributed by atoms with Gasteiger partial charge in [0.25, 0.3) is 0 Å². The second-order valence-corrected chi connectivity index (χ2v) is 6.16. The Bertz CT molecular complexity index is 1030. The van der Waals surface area contributed by atoms with Crippen molar-refractivity contribution < 1.29 is 13.6 Å². The zero-order valence-electron chi connectivity index (χ0n) is 12.8. The zero-order valence-corrected chi connectivity index (χ0v) is 13.6. The summed E-state index contributed by atoms with van der Waals surface area (Å²) >= 11 is 1.16. The Balaban J connectivity index is 1.52. The number of hydrogen-bond donors (Lipinski definition) is 0. The quantitative estimate of drug-likeness (QED) is 0.403. The van der Waals surface area contributed by atoms with Crippen molar-refractivity contribution in [2.24, 2.45) is 0 Å². The number of benzene rings is 2. The first-order valence-electron chi connectivity index (χ1n) is 7.39. The number of ketones is 1. The topological polar surface area (TPSA) is 73.8 Å². The SMILES string of the molecule is O=C(CSc1nnnn1-c1cccc(F)c1)c1cc2ccccc2o1. The van der Waals surface area contributed by atoms with Gasteiger partial charge in [-0.05, 0) is 40.8 Å². The van der Waals surface area contributed by atoms with E-state index in [0.29, 0.717) is 22.2 Å². The Labute approximate surface area is 145 Å². The lowest BCUT2D eigenvalue weighted by Gasteiger charge is -2.03. The molecule has 0 amide bonds. The van der Waals surface area contributed by atoms with Gasteiger partial charge >= 0.3 is 0 Å². The number of para-hydroxylation sites is 1. The molecule has 6 nitrogen and oxygen atoms in total. The maximum atomic E-state index is 13.4.